The number of aromatic nitrogens is 3. The van der Waals surface area contributed by atoms with Gasteiger partial charge >= 0.3 is 16.4 Å². The number of benzene rings is 1. The molecule has 0 bridgehead atoms. The van der Waals surface area contributed by atoms with Crippen molar-refractivity contribution >= 4 is 25.9 Å². The molecular weight excluding hydrogens is 453 g/mol. The van der Waals surface area contributed by atoms with E-state index in [1.54, 1.807) is 0 Å². The van der Waals surface area contributed by atoms with E-state index in [1.165, 1.54) is 21.2 Å². The summed E-state index contributed by atoms with van der Waals surface area (Å²) < 4.78 is 90.0. The van der Waals surface area contributed by atoms with Crippen molar-refractivity contribution in [1.29, 1.82) is 0 Å². The molecule has 0 aliphatic carbocycles. The Labute approximate surface area is 170 Å². The van der Waals surface area contributed by atoms with Crippen LogP contribution in [0.1, 0.15) is 11.1 Å². The van der Waals surface area contributed by atoms with E-state index in [9.17, 15) is 30.0 Å². The fourth-order valence-corrected chi connectivity index (χ4v) is 3.58. The lowest BCUT2D eigenvalue weighted by Crippen LogP contribution is -2.32. The Morgan fingerprint density at radius 1 is 1.20 bits per heavy atom. The molecule has 1 aromatic carbocycles. The van der Waals surface area contributed by atoms with Crippen LogP contribution in [0, 0.1) is 0 Å². The SMILES string of the molecule is CO/N=C(\CNS(=O)(=O)c1ncn(S(=O)(=O)N(C)C)n1)c1ccc(C(F)(F)F)cc1. The van der Waals surface area contributed by atoms with Crippen LogP contribution in [0.3, 0.4) is 0 Å². The molecule has 1 aromatic heterocycles. The zero-order chi connectivity index (χ0) is 22.7. The third-order valence-corrected chi connectivity index (χ3v) is 6.33. The van der Waals surface area contributed by atoms with Crippen LogP contribution in [-0.4, -0.2) is 68.8 Å². The maximum Gasteiger partial charge on any atom is 0.416 e. The molecule has 0 saturated carbocycles. The molecule has 1 N–H and O–H groups in total. The first-order valence-corrected chi connectivity index (χ1v) is 10.8. The van der Waals surface area contributed by atoms with E-state index in [0.29, 0.717) is 10.4 Å². The van der Waals surface area contributed by atoms with E-state index in [2.05, 4.69) is 24.8 Å². The van der Waals surface area contributed by atoms with Crippen LogP contribution >= 0.6 is 0 Å². The first-order chi connectivity index (χ1) is 13.8. The highest BCUT2D eigenvalue weighted by molar-refractivity contribution is 7.89. The van der Waals surface area contributed by atoms with Crippen molar-refractivity contribution in [3.63, 3.8) is 0 Å². The molecule has 0 aliphatic heterocycles. The van der Waals surface area contributed by atoms with Gasteiger partial charge in [0.05, 0.1) is 12.1 Å². The summed E-state index contributed by atoms with van der Waals surface area (Å²) in [5, 5.41) is 6.23. The van der Waals surface area contributed by atoms with Crippen molar-refractivity contribution in [2.24, 2.45) is 5.16 Å². The van der Waals surface area contributed by atoms with Crippen LogP contribution in [0.4, 0.5) is 13.2 Å². The van der Waals surface area contributed by atoms with Crippen LogP contribution in [0.2, 0.25) is 0 Å². The van der Waals surface area contributed by atoms with Crippen LogP contribution in [-0.2, 0) is 31.2 Å². The molecule has 0 unspecified atom stereocenters. The zero-order valence-corrected chi connectivity index (χ0v) is 17.5. The number of rotatable bonds is 8. The van der Waals surface area contributed by atoms with Crippen molar-refractivity contribution in [1.82, 2.24) is 23.2 Å². The largest absolute Gasteiger partial charge is 0.416 e. The average molecular weight is 470 g/mol. The molecule has 11 nitrogen and oxygen atoms in total. The molecule has 0 atom stereocenters. The maximum atomic E-state index is 12.7. The summed E-state index contributed by atoms with van der Waals surface area (Å²) in [6.45, 7) is -0.490. The van der Waals surface area contributed by atoms with E-state index in [0.717, 1.165) is 28.6 Å². The smallest absolute Gasteiger partial charge is 0.399 e. The molecule has 30 heavy (non-hydrogen) atoms. The van der Waals surface area contributed by atoms with Gasteiger partial charge in [-0.05, 0) is 12.1 Å². The first kappa shape index (κ1) is 23.7. The summed E-state index contributed by atoms with van der Waals surface area (Å²) in [6.07, 6.45) is -3.82. The lowest BCUT2D eigenvalue weighted by atomic mass is 10.1. The van der Waals surface area contributed by atoms with Crippen molar-refractivity contribution in [2.75, 3.05) is 27.7 Å². The Hall–Kier alpha value is -2.56. The van der Waals surface area contributed by atoms with Gasteiger partial charge in [0.1, 0.15) is 19.1 Å². The van der Waals surface area contributed by atoms with Crippen molar-refractivity contribution in [2.45, 2.75) is 11.3 Å². The second-order valence-electron chi connectivity index (χ2n) is 5.81. The minimum absolute atomic E-state index is 0.0323. The van der Waals surface area contributed by atoms with Gasteiger partial charge in [-0.15, -0.1) is 9.19 Å². The predicted octanol–water partition coefficient (Wildman–Crippen LogP) is 0.280. The van der Waals surface area contributed by atoms with Crippen LogP contribution in [0.25, 0.3) is 0 Å². The summed E-state index contributed by atoms with van der Waals surface area (Å²) >= 11 is 0. The van der Waals surface area contributed by atoms with Gasteiger partial charge in [-0.1, -0.05) is 17.3 Å². The fourth-order valence-electron chi connectivity index (χ4n) is 2.01. The van der Waals surface area contributed by atoms with E-state index < -0.39 is 43.7 Å². The van der Waals surface area contributed by atoms with Gasteiger partial charge in [0, 0.05) is 19.7 Å². The molecule has 16 heteroatoms. The molecular formula is C14H17F3N6O5S2. The van der Waals surface area contributed by atoms with Gasteiger partial charge in [-0.2, -0.15) is 25.9 Å². The lowest BCUT2D eigenvalue weighted by Gasteiger charge is -2.10. The molecule has 0 fully saturated rings. The fraction of sp³-hybridized carbons (Fsp3) is 0.357. The summed E-state index contributed by atoms with van der Waals surface area (Å²) in [4.78, 5) is 8.08. The highest BCUT2D eigenvalue weighted by atomic mass is 32.2. The molecule has 0 spiro atoms. The quantitative estimate of drug-likeness (QED) is 0.432. The van der Waals surface area contributed by atoms with E-state index in [-0.39, 0.29) is 11.3 Å². The topological polar surface area (TPSA) is 136 Å². The molecule has 0 amide bonds. The average Bonchev–Trinajstić information content (AvgIpc) is 3.16. The number of nitrogens with one attached hydrogen (secondary N) is 1. The van der Waals surface area contributed by atoms with Crippen molar-refractivity contribution in [3.8, 4) is 0 Å². The van der Waals surface area contributed by atoms with Gasteiger partial charge in [0.2, 0.25) is 0 Å². The first-order valence-electron chi connectivity index (χ1n) is 7.91. The van der Waals surface area contributed by atoms with E-state index in [4.69, 9.17) is 0 Å². The summed E-state index contributed by atoms with van der Waals surface area (Å²) in [5.41, 5.74) is -0.753. The third kappa shape index (κ3) is 5.32. The number of alkyl halides is 3. The number of hydrogen-bond acceptors (Lipinski definition) is 8. The number of halogens is 3. The standard InChI is InChI=1S/C14H17F3N6O5S2/c1-22(2)30(26,27)23-9-18-13(20-23)29(24,25)19-8-12(21-28-3)10-4-6-11(7-5-10)14(15,16)17/h4-7,9,19H,8H2,1-3H3/b21-12+. The molecule has 0 saturated heterocycles. The zero-order valence-electron chi connectivity index (χ0n) is 15.8. The van der Waals surface area contributed by atoms with E-state index >= 15 is 0 Å². The van der Waals surface area contributed by atoms with Crippen LogP contribution in [0.15, 0.2) is 40.9 Å². The summed E-state index contributed by atoms with van der Waals surface area (Å²) in [6, 6.07) is 3.83. The number of nitrogens with zero attached hydrogens (tertiary/aromatic N) is 5. The Balaban J connectivity index is 2.22. The Morgan fingerprint density at radius 3 is 2.30 bits per heavy atom. The Bertz CT molecular complexity index is 1130. The highest BCUT2D eigenvalue weighted by Crippen LogP contribution is 2.29. The summed E-state index contributed by atoms with van der Waals surface area (Å²) in [5.74, 6) is 0. The number of hydrogen-bond donors (Lipinski definition) is 1. The molecule has 0 radical (unpaired) electrons. The van der Waals surface area contributed by atoms with Gasteiger partial charge < -0.3 is 4.84 Å². The second kappa shape index (κ2) is 8.66. The Morgan fingerprint density at radius 2 is 1.80 bits per heavy atom. The molecule has 1 heterocycles. The lowest BCUT2D eigenvalue weighted by molar-refractivity contribution is -0.137. The molecule has 166 valence electrons. The minimum Gasteiger partial charge on any atom is -0.399 e. The van der Waals surface area contributed by atoms with Gasteiger partial charge in [-0.3, -0.25) is 0 Å². The molecule has 0 aliphatic rings. The van der Waals surface area contributed by atoms with Crippen LogP contribution in [0.5, 0.6) is 0 Å². The molecule has 2 rings (SSSR count). The molecule has 2 aromatic rings. The summed E-state index contributed by atoms with van der Waals surface area (Å²) in [7, 11) is -4.82. The predicted molar refractivity (Wildman–Crippen MR) is 98.2 cm³/mol. The normalized spacial score (nSPS) is 13.6. The Kier molecular flexibility index (Phi) is 6.85. The minimum atomic E-state index is -4.53. The van der Waals surface area contributed by atoms with Gasteiger partial charge in [0.25, 0.3) is 15.2 Å². The third-order valence-electron chi connectivity index (χ3n) is 3.57. The van der Waals surface area contributed by atoms with Crippen molar-refractivity contribution < 1.29 is 34.8 Å². The maximum absolute atomic E-state index is 12.7. The van der Waals surface area contributed by atoms with Crippen molar-refractivity contribution in [3.05, 3.63) is 41.7 Å². The highest BCUT2D eigenvalue weighted by Gasteiger charge is 2.30. The van der Waals surface area contributed by atoms with Gasteiger partial charge in [-0.25, -0.2) is 18.1 Å². The number of sulfonamides is 1. The van der Waals surface area contributed by atoms with E-state index in [1.807, 2.05) is 0 Å². The monoisotopic (exact) mass is 470 g/mol. The van der Waals surface area contributed by atoms with Crippen LogP contribution < -0.4 is 4.72 Å². The van der Waals surface area contributed by atoms with Gasteiger partial charge in [0.15, 0.2) is 0 Å². The number of oxime groups is 1. The second-order valence-corrected chi connectivity index (χ2v) is 9.47.